The molecule has 3 aromatic carbocycles. The van der Waals surface area contributed by atoms with E-state index in [2.05, 4.69) is 5.32 Å². The minimum absolute atomic E-state index is 0.0459. The van der Waals surface area contributed by atoms with E-state index in [0.29, 0.717) is 11.3 Å². The summed E-state index contributed by atoms with van der Waals surface area (Å²) in [5, 5.41) is 3.03. The Morgan fingerprint density at radius 2 is 1.56 bits per heavy atom. The highest BCUT2D eigenvalue weighted by Crippen LogP contribution is 2.19. The van der Waals surface area contributed by atoms with E-state index in [-0.39, 0.29) is 12.4 Å². The van der Waals surface area contributed by atoms with E-state index in [0.717, 1.165) is 16.8 Å². The van der Waals surface area contributed by atoms with Crippen LogP contribution in [-0.4, -0.2) is 19.1 Å². The molecule has 27 heavy (non-hydrogen) atoms. The molecule has 3 aromatic rings. The molecule has 0 aliphatic carbocycles. The summed E-state index contributed by atoms with van der Waals surface area (Å²) in [7, 11) is 0. The van der Waals surface area contributed by atoms with Gasteiger partial charge in [-0.05, 0) is 35.4 Å². The number of halogens is 1. The fraction of sp³-hybridized carbons (Fsp3) is 0.0870. The number of allylic oxidation sites excluding steroid dienone is 1. The predicted molar refractivity (Wildman–Crippen MR) is 107 cm³/mol. The van der Waals surface area contributed by atoms with Crippen molar-refractivity contribution in [2.24, 2.45) is 0 Å². The van der Waals surface area contributed by atoms with Crippen LogP contribution in [0.5, 0.6) is 5.75 Å². The first-order valence-corrected chi connectivity index (χ1v) is 8.68. The number of nitrogens with one attached hydrogen (secondary N) is 1. The molecule has 136 valence electrons. The molecular weight excluding hydrogens is 341 g/mol. The molecule has 0 fully saturated rings. The lowest BCUT2D eigenvalue weighted by atomic mass is 10.0. The second kappa shape index (κ2) is 9.34. The van der Waals surface area contributed by atoms with Crippen molar-refractivity contribution in [1.82, 2.24) is 0 Å². The van der Waals surface area contributed by atoms with E-state index < -0.39 is 6.67 Å². The number of anilines is 1. The highest BCUT2D eigenvalue weighted by molar-refractivity contribution is 6.04. The van der Waals surface area contributed by atoms with Crippen LogP contribution in [0.3, 0.4) is 0 Å². The van der Waals surface area contributed by atoms with Crippen LogP contribution in [0.4, 0.5) is 10.1 Å². The third-order valence-electron chi connectivity index (χ3n) is 3.96. The Hall–Kier alpha value is -3.40. The Balaban J connectivity index is 1.56. The van der Waals surface area contributed by atoms with Gasteiger partial charge in [-0.2, -0.15) is 0 Å². The molecule has 4 heteroatoms. The Morgan fingerprint density at radius 3 is 2.22 bits per heavy atom. The third-order valence-corrected chi connectivity index (χ3v) is 3.96. The zero-order valence-electron chi connectivity index (χ0n) is 14.8. The number of carbonyl (C=O) groups excluding carboxylic acids is 1. The highest BCUT2D eigenvalue weighted by Gasteiger charge is 2.03. The maximum Gasteiger partial charge on any atom is 0.187 e. The number of rotatable bonds is 8. The molecular formula is C23H20FNO2. The number of carbonyl (C=O) groups is 1. The zero-order chi connectivity index (χ0) is 18.9. The quantitative estimate of drug-likeness (QED) is 0.425. The molecule has 0 aromatic heterocycles. The largest absolute Gasteiger partial charge is 0.491 e. The Bertz CT molecular complexity index is 888. The molecule has 0 amide bonds. The normalized spacial score (nSPS) is 10.7. The average Bonchev–Trinajstić information content (AvgIpc) is 2.74. The summed E-state index contributed by atoms with van der Waals surface area (Å²) in [5.41, 5.74) is 3.63. The van der Waals surface area contributed by atoms with Gasteiger partial charge in [0.1, 0.15) is 19.0 Å². The molecule has 0 unspecified atom stereocenters. The zero-order valence-corrected chi connectivity index (χ0v) is 14.8. The number of alkyl halides is 1. The molecule has 0 atom stereocenters. The summed E-state index contributed by atoms with van der Waals surface area (Å²) in [6, 6.07) is 24.7. The summed E-state index contributed by atoms with van der Waals surface area (Å²) < 4.78 is 17.2. The van der Waals surface area contributed by atoms with Crippen molar-refractivity contribution in [2.45, 2.75) is 0 Å². The van der Waals surface area contributed by atoms with Crippen LogP contribution in [0.1, 0.15) is 10.4 Å². The van der Waals surface area contributed by atoms with Gasteiger partial charge in [0.05, 0.1) is 0 Å². The molecule has 0 aliphatic rings. The number of ether oxygens (including phenoxy) is 1. The second-order valence-corrected chi connectivity index (χ2v) is 5.85. The monoisotopic (exact) mass is 361 g/mol. The smallest absolute Gasteiger partial charge is 0.187 e. The number of benzene rings is 3. The molecule has 0 saturated carbocycles. The van der Waals surface area contributed by atoms with Gasteiger partial charge in [0.15, 0.2) is 5.78 Å². The summed E-state index contributed by atoms with van der Waals surface area (Å²) in [5.74, 6) is 0.529. The van der Waals surface area contributed by atoms with Crippen LogP contribution < -0.4 is 10.1 Å². The van der Waals surface area contributed by atoms with Gasteiger partial charge in [-0.15, -0.1) is 0 Å². The van der Waals surface area contributed by atoms with Crippen molar-refractivity contribution < 1.29 is 13.9 Å². The Kier molecular flexibility index (Phi) is 6.36. The van der Waals surface area contributed by atoms with Crippen LogP contribution in [0.15, 0.2) is 91.1 Å². The van der Waals surface area contributed by atoms with Crippen molar-refractivity contribution in [1.29, 1.82) is 0 Å². The average molecular weight is 361 g/mol. The molecule has 3 rings (SSSR count). The summed E-state index contributed by atoms with van der Waals surface area (Å²) >= 11 is 0. The molecule has 0 heterocycles. The van der Waals surface area contributed by atoms with E-state index in [1.807, 2.05) is 54.6 Å². The third kappa shape index (κ3) is 5.28. The number of hydrogen-bond acceptors (Lipinski definition) is 3. The van der Waals surface area contributed by atoms with Gasteiger partial charge in [-0.3, -0.25) is 4.79 Å². The first-order chi connectivity index (χ1) is 13.3. The molecule has 0 saturated heterocycles. The fourth-order valence-corrected chi connectivity index (χ4v) is 2.57. The van der Waals surface area contributed by atoms with Crippen molar-refractivity contribution in [3.05, 3.63) is 96.7 Å². The maximum absolute atomic E-state index is 12.3. The Morgan fingerprint density at radius 1 is 0.889 bits per heavy atom. The molecule has 0 bridgehead atoms. The standard InChI is InChI=1S/C23H20FNO2/c24-15-17-27-22-12-10-21(11-13-22)25-16-14-23(26)20-8-6-19(7-9-20)18-4-2-1-3-5-18/h1-14,16,25H,15,17H2. The van der Waals surface area contributed by atoms with Crippen LogP contribution in [0.2, 0.25) is 0 Å². The first kappa shape index (κ1) is 18.4. The lowest BCUT2D eigenvalue weighted by Gasteiger charge is -2.05. The predicted octanol–water partition coefficient (Wildman–Crippen LogP) is 5.51. The molecule has 0 aliphatic heterocycles. The molecule has 1 N–H and O–H groups in total. The van der Waals surface area contributed by atoms with Crippen molar-refractivity contribution in [3.8, 4) is 16.9 Å². The van der Waals surface area contributed by atoms with Gasteiger partial charge in [0, 0.05) is 23.5 Å². The van der Waals surface area contributed by atoms with E-state index in [1.54, 1.807) is 30.5 Å². The number of hydrogen-bond donors (Lipinski definition) is 1. The van der Waals surface area contributed by atoms with E-state index in [1.165, 1.54) is 6.08 Å². The van der Waals surface area contributed by atoms with Gasteiger partial charge < -0.3 is 10.1 Å². The summed E-state index contributed by atoms with van der Waals surface area (Å²) in [4.78, 5) is 12.3. The summed E-state index contributed by atoms with van der Waals surface area (Å²) in [6.45, 7) is -0.471. The molecule has 0 spiro atoms. The van der Waals surface area contributed by atoms with Gasteiger partial charge in [-0.25, -0.2) is 4.39 Å². The SMILES string of the molecule is O=C(C=CNc1ccc(OCCF)cc1)c1ccc(-c2ccccc2)cc1. The van der Waals surface area contributed by atoms with Gasteiger partial charge >= 0.3 is 0 Å². The maximum atomic E-state index is 12.3. The van der Waals surface area contributed by atoms with Crippen molar-refractivity contribution >= 4 is 11.5 Å². The number of ketones is 1. The first-order valence-electron chi connectivity index (χ1n) is 8.68. The van der Waals surface area contributed by atoms with E-state index in [4.69, 9.17) is 4.74 Å². The Labute approximate surface area is 158 Å². The minimum atomic E-state index is -0.517. The van der Waals surface area contributed by atoms with Crippen molar-refractivity contribution in [3.63, 3.8) is 0 Å². The van der Waals surface area contributed by atoms with Gasteiger partial charge in [0.25, 0.3) is 0 Å². The van der Waals surface area contributed by atoms with Crippen molar-refractivity contribution in [2.75, 3.05) is 18.6 Å². The minimum Gasteiger partial charge on any atom is -0.491 e. The topological polar surface area (TPSA) is 38.3 Å². The van der Waals surface area contributed by atoms with Crippen LogP contribution in [0.25, 0.3) is 11.1 Å². The fourth-order valence-electron chi connectivity index (χ4n) is 2.57. The van der Waals surface area contributed by atoms with E-state index in [9.17, 15) is 9.18 Å². The van der Waals surface area contributed by atoms with Crippen LogP contribution >= 0.6 is 0 Å². The van der Waals surface area contributed by atoms with Crippen LogP contribution in [-0.2, 0) is 0 Å². The van der Waals surface area contributed by atoms with Gasteiger partial charge in [-0.1, -0.05) is 54.6 Å². The highest BCUT2D eigenvalue weighted by atomic mass is 19.1. The lowest BCUT2D eigenvalue weighted by molar-refractivity contribution is 0.104. The summed E-state index contributed by atoms with van der Waals surface area (Å²) in [6.07, 6.45) is 3.09. The van der Waals surface area contributed by atoms with Crippen LogP contribution in [0, 0.1) is 0 Å². The van der Waals surface area contributed by atoms with Gasteiger partial charge in [0.2, 0.25) is 0 Å². The van der Waals surface area contributed by atoms with E-state index >= 15 is 0 Å². The molecule has 0 radical (unpaired) electrons. The molecule has 3 nitrogen and oxygen atoms in total. The lowest BCUT2D eigenvalue weighted by Crippen LogP contribution is -1.99. The second-order valence-electron chi connectivity index (χ2n) is 5.85.